The van der Waals surface area contributed by atoms with E-state index >= 15 is 0 Å². The van der Waals surface area contributed by atoms with E-state index in [-0.39, 0.29) is 18.0 Å². The molecule has 0 aliphatic carbocycles. The molecule has 0 fully saturated rings. The quantitative estimate of drug-likeness (QED) is 0.673. The maximum Gasteiger partial charge on any atom is 0.167 e. The van der Waals surface area contributed by atoms with Crippen molar-refractivity contribution in [1.29, 1.82) is 0 Å². The molecule has 0 aromatic heterocycles. The molecule has 0 bridgehead atoms. The molecule has 0 unspecified atom stereocenters. The molecule has 2 aromatic rings. The lowest BCUT2D eigenvalue weighted by Gasteiger charge is -2.07. The van der Waals surface area contributed by atoms with Gasteiger partial charge in [-0.25, -0.2) is 4.39 Å². The number of benzene rings is 2. The molecule has 0 atom stereocenters. The molecule has 0 aliphatic rings. The fourth-order valence-corrected chi connectivity index (χ4v) is 2.61. The van der Waals surface area contributed by atoms with Crippen LogP contribution in [0.25, 0.3) is 0 Å². The van der Waals surface area contributed by atoms with Gasteiger partial charge >= 0.3 is 0 Å². The molecular weight excluding hydrogens is 375 g/mol. The number of ketones is 1. The summed E-state index contributed by atoms with van der Waals surface area (Å²) in [5.41, 5.74) is 2.23. The van der Waals surface area contributed by atoms with Gasteiger partial charge in [-0.05, 0) is 52.2 Å². The van der Waals surface area contributed by atoms with Crippen LogP contribution in [-0.2, 0) is 6.42 Å². The van der Waals surface area contributed by atoms with Crippen molar-refractivity contribution in [3.8, 4) is 0 Å². The fraction of sp³-hybridized carbons (Fsp3) is 0.133. The van der Waals surface area contributed by atoms with E-state index in [0.717, 1.165) is 10.0 Å². The lowest BCUT2D eigenvalue weighted by molar-refractivity contribution is 0.0992. The zero-order valence-corrected chi connectivity index (χ0v) is 13.4. The highest BCUT2D eigenvalue weighted by Crippen LogP contribution is 2.23. The molecule has 0 amide bonds. The predicted octanol–water partition coefficient (Wildman–Crippen LogP) is 5.08. The van der Waals surface area contributed by atoms with Crippen molar-refractivity contribution in [2.45, 2.75) is 13.3 Å². The van der Waals surface area contributed by atoms with Crippen molar-refractivity contribution in [2.24, 2.45) is 0 Å². The molecule has 2 aromatic carbocycles. The third kappa shape index (κ3) is 3.31. The average Bonchev–Trinajstić information content (AvgIpc) is 2.38. The summed E-state index contributed by atoms with van der Waals surface area (Å²) in [6.45, 7) is 1.89. The molecule has 0 N–H and O–H groups in total. The monoisotopic (exact) mass is 384 g/mol. The largest absolute Gasteiger partial charge is 0.294 e. The minimum atomic E-state index is -0.351. The summed E-state index contributed by atoms with van der Waals surface area (Å²) in [4.78, 5) is 12.3. The molecule has 0 heterocycles. The molecule has 98 valence electrons. The SMILES string of the molecule is Cc1ccc(Br)cc1C(=O)Cc1cccc(F)c1Br. The van der Waals surface area contributed by atoms with Gasteiger partial charge in [-0.1, -0.05) is 34.1 Å². The number of carbonyl (C=O) groups is 1. The van der Waals surface area contributed by atoms with E-state index in [9.17, 15) is 9.18 Å². The highest BCUT2D eigenvalue weighted by atomic mass is 79.9. The molecule has 0 saturated carbocycles. The van der Waals surface area contributed by atoms with Crippen LogP contribution < -0.4 is 0 Å². The maximum absolute atomic E-state index is 13.4. The number of rotatable bonds is 3. The van der Waals surface area contributed by atoms with Crippen LogP contribution >= 0.6 is 31.9 Å². The van der Waals surface area contributed by atoms with Crippen molar-refractivity contribution in [1.82, 2.24) is 0 Å². The molecule has 0 saturated heterocycles. The second-order valence-corrected chi connectivity index (χ2v) is 5.98. The minimum Gasteiger partial charge on any atom is -0.294 e. The summed E-state index contributed by atoms with van der Waals surface area (Å²) >= 11 is 6.53. The summed E-state index contributed by atoms with van der Waals surface area (Å²) in [5, 5.41) is 0. The van der Waals surface area contributed by atoms with Gasteiger partial charge in [0, 0.05) is 16.5 Å². The molecule has 4 heteroatoms. The summed E-state index contributed by atoms with van der Waals surface area (Å²) in [6, 6.07) is 10.3. The summed E-state index contributed by atoms with van der Waals surface area (Å²) in [7, 11) is 0. The van der Waals surface area contributed by atoms with Crippen molar-refractivity contribution < 1.29 is 9.18 Å². The summed E-state index contributed by atoms with van der Waals surface area (Å²) in [6.07, 6.45) is 0.176. The molecule has 0 radical (unpaired) electrons. The second kappa shape index (κ2) is 5.97. The van der Waals surface area contributed by atoms with E-state index in [4.69, 9.17) is 0 Å². The van der Waals surface area contributed by atoms with Crippen LogP contribution in [0.4, 0.5) is 4.39 Å². The van der Waals surface area contributed by atoms with E-state index in [2.05, 4.69) is 31.9 Å². The Labute approximate surface area is 128 Å². The standard InChI is InChI=1S/C15H11Br2FO/c1-9-5-6-11(16)8-12(9)14(19)7-10-3-2-4-13(18)15(10)17/h2-6,8H,7H2,1H3. The predicted molar refractivity (Wildman–Crippen MR) is 81.0 cm³/mol. The molecule has 1 nitrogen and oxygen atoms in total. The van der Waals surface area contributed by atoms with Gasteiger partial charge in [0.2, 0.25) is 0 Å². The van der Waals surface area contributed by atoms with Gasteiger partial charge in [0.25, 0.3) is 0 Å². The van der Waals surface area contributed by atoms with Crippen LogP contribution in [0.1, 0.15) is 21.5 Å². The minimum absolute atomic E-state index is 0.0231. The first kappa shape index (κ1) is 14.4. The fourth-order valence-electron chi connectivity index (χ4n) is 1.85. The normalized spacial score (nSPS) is 10.5. The molecule has 0 spiro atoms. The number of Topliss-reactive ketones (excluding diaryl/α,β-unsaturated/α-hetero) is 1. The third-order valence-corrected chi connectivity index (χ3v) is 4.26. The first-order chi connectivity index (χ1) is 8.99. The molecule has 2 rings (SSSR count). The number of hydrogen-bond acceptors (Lipinski definition) is 1. The van der Waals surface area contributed by atoms with Gasteiger partial charge < -0.3 is 0 Å². The Morgan fingerprint density at radius 3 is 2.68 bits per heavy atom. The van der Waals surface area contributed by atoms with E-state index in [1.165, 1.54) is 6.07 Å². The molecular formula is C15H11Br2FO. The lowest BCUT2D eigenvalue weighted by atomic mass is 9.99. The number of aryl methyl sites for hydroxylation is 1. The Morgan fingerprint density at radius 1 is 1.21 bits per heavy atom. The smallest absolute Gasteiger partial charge is 0.167 e. The van der Waals surface area contributed by atoms with Gasteiger partial charge in [0.1, 0.15) is 5.82 Å². The van der Waals surface area contributed by atoms with Crippen LogP contribution in [-0.4, -0.2) is 5.78 Å². The summed E-state index contributed by atoms with van der Waals surface area (Å²) < 4.78 is 14.6. The molecule has 0 aliphatic heterocycles. The van der Waals surface area contributed by atoms with E-state index in [0.29, 0.717) is 15.6 Å². The van der Waals surface area contributed by atoms with Gasteiger partial charge in [-0.2, -0.15) is 0 Å². The van der Waals surface area contributed by atoms with Crippen molar-refractivity contribution in [3.63, 3.8) is 0 Å². The highest BCUT2D eigenvalue weighted by molar-refractivity contribution is 9.10. The van der Waals surface area contributed by atoms with Gasteiger partial charge in [-0.3, -0.25) is 4.79 Å². The Hall–Kier alpha value is -1.00. The Balaban J connectivity index is 2.31. The Kier molecular flexibility index (Phi) is 4.53. The highest BCUT2D eigenvalue weighted by Gasteiger charge is 2.13. The Morgan fingerprint density at radius 2 is 1.95 bits per heavy atom. The van der Waals surface area contributed by atoms with Crippen molar-refractivity contribution in [3.05, 3.63) is 67.9 Å². The van der Waals surface area contributed by atoms with Crippen LogP contribution in [0, 0.1) is 12.7 Å². The first-order valence-corrected chi connectivity index (χ1v) is 7.30. The van der Waals surface area contributed by atoms with E-state index < -0.39 is 0 Å². The zero-order chi connectivity index (χ0) is 14.0. The second-order valence-electron chi connectivity index (χ2n) is 4.27. The lowest BCUT2D eigenvalue weighted by Crippen LogP contribution is -2.06. The van der Waals surface area contributed by atoms with E-state index in [1.54, 1.807) is 18.2 Å². The summed E-state index contributed by atoms with van der Waals surface area (Å²) in [5.74, 6) is -0.374. The number of halogens is 3. The van der Waals surface area contributed by atoms with Crippen LogP contribution in [0.3, 0.4) is 0 Å². The number of carbonyl (C=O) groups excluding carboxylic acids is 1. The van der Waals surface area contributed by atoms with Crippen molar-refractivity contribution >= 4 is 37.6 Å². The van der Waals surface area contributed by atoms with Gasteiger partial charge in [0.15, 0.2) is 5.78 Å². The Bertz CT molecular complexity index is 638. The topological polar surface area (TPSA) is 17.1 Å². The molecule has 19 heavy (non-hydrogen) atoms. The average molecular weight is 386 g/mol. The van der Waals surface area contributed by atoms with E-state index in [1.807, 2.05) is 19.1 Å². The maximum atomic E-state index is 13.4. The number of hydrogen-bond donors (Lipinski definition) is 0. The van der Waals surface area contributed by atoms with Crippen LogP contribution in [0.5, 0.6) is 0 Å². The third-order valence-electron chi connectivity index (χ3n) is 2.88. The van der Waals surface area contributed by atoms with Gasteiger partial charge in [-0.15, -0.1) is 0 Å². The van der Waals surface area contributed by atoms with Crippen molar-refractivity contribution in [2.75, 3.05) is 0 Å². The van der Waals surface area contributed by atoms with Crippen LogP contribution in [0.2, 0.25) is 0 Å². The first-order valence-electron chi connectivity index (χ1n) is 5.71. The van der Waals surface area contributed by atoms with Gasteiger partial charge in [0.05, 0.1) is 4.47 Å². The zero-order valence-electron chi connectivity index (χ0n) is 10.2. The van der Waals surface area contributed by atoms with Crippen LogP contribution in [0.15, 0.2) is 45.3 Å².